The van der Waals surface area contributed by atoms with Gasteiger partial charge in [0.1, 0.15) is 5.82 Å². The maximum atomic E-state index is 13.8. The van der Waals surface area contributed by atoms with Crippen molar-refractivity contribution in [2.24, 2.45) is 4.99 Å². The molecule has 0 atom stereocenters. The van der Waals surface area contributed by atoms with Crippen LogP contribution >= 0.6 is 24.0 Å². The van der Waals surface area contributed by atoms with Crippen molar-refractivity contribution in [1.29, 1.82) is 0 Å². The molecule has 0 heterocycles. The summed E-state index contributed by atoms with van der Waals surface area (Å²) in [7, 11) is 3.87. The number of guanidine groups is 1. The topological polar surface area (TPSA) is 48.9 Å². The summed E-state index contributed by atoms with van der Waals surface area (Å²) >= 11 is 0. The van der Waals surface area contributed by atoms with Gasteiger partial charge in [0.25, 0.3) is 0 Å². The van der Waals surface area contributed by atoms with E-state index in [0.29, 0.717) is 18.7 Å². The van der Waals surface area contributed by atoms with Crippen molar-refractivity contribution in [3.8, 4) is 0 Å². The second-order valence-corrected chi connectivity index (χ2v) is 6.19. The number of unbranched alkanes of at least 4 members (excludes halogenated alkanes) is 1. The van der Waals surface area contributed by atoms with Gasteiger partial charge in [0.15, 0.2) is 5.96 Å². The molecule has 1 aromatic rings. The summed E-state index contributed by atoms with van der Waals surface area (Å²) in [5.41, 5.74) is 1.71. The molecular weight excluding hydrogens is 446 g/mol. The maximum absolute atomic E-state index is 13.8. The van der Waals surface area contributed by atoms with Crippen LogP contribution in [0.3, 0.4) is 0 Å². The van der Waals surface area contributed by atoms with Crippen LogP contribution < -0.4 is 10.6 Å². The summed E-state index contributed by atoms with van der Waals surface area (Å²) in [6, 6.07) is 5.21. The highest BCUT2D eigenvalue weighted by Gasteiger charge is 2.05. The van der Waals surface area contributed by atoms with Gasteiger partial charge in [-0.1, -0.05) is 6.07 Å². The van der Waals surface area contributed by atoms with Gasteiger partial charge in [0.2, 0.25) is 0 Å². The quantitative estimate of drug-likeness (QED) is 0.221. The highest BCUT2D eigenvalue weighted by Crippen LogP contribution is 2.13. The average Bonchev–Trinajstić information content (AvgIpc) is 2.57. The van der Waals surface area contributed by atoms with Gasteiger partial charge in [0, 0.05) is 38.4 Å². The van der Waals surface area contributed by atoms with Crippen LogP contribution in [-0.4, -0.2) is 51.3 Å². The van der Waals surface area contributed by atoms with Crippen molar-refractivity contribution in [1.82, 2.24) is 15.5 Å². The highest BCUT2D eigenvalue weighted by molar-refractivity contribution is 14.0. The number of aliphatic imine (C=N–C) groups is 1. The van der Waals surface area contributed by atoms with Gasteiger partial charge in [-0.15, -0.1) is 24.0 Å². The molecule has 150 valence electrons. The Balaban J connectivity index is 0.00000625. The molecule has 0 amide bonds. The van der Waals surface area contributed by atoms with Crippen LogP contribution in [0.1, 0.15) is 37.8 Å². The molecule has 0 unspecified atom stereocenters. The number of halogens is 2. The SMILES string of the molecule is CCNC(=NCc1ccc(F)c(CN(C)C)c1)NCCCCOCC.I. The second kappa shape index (κ2) is 15.2. The summed E-state index contributed by atoms with van der Waals surface area (Å²) in [6.07, 6.45) is 2.07. The molecule has 0 aliphatic carbocycles. The fraction of sp³-hybridized carbons (Fsp3) is 0.632. The molecule has 7 heteroatoms. The van der Waals surface area contributed by atoms with Crippen LogP contribution in [0.5, 0.6) is 0 Å². The van der Waals surface area contributed by atoms with Crippen molar-refractivity contribution in [3.05, 3.63) is 35.1 Å². The number of nitrogens with one attached hydrogen (secondary N) is 2. The largest absolute Gasteiger partial charge is 0.382 e. The summed E-state index contributed by atoms with van der Waals surface area (Å²) in [5.74, 6) is 0.623. The first-order valence-corrected chi connectivity index (χ1v) is 9.08. The summed E-state index contributed by atoms with van der Waals surface area (Å²) in [5, 5.41) is 6.57. The van der Waals surface area contributed by atoms with E-state index in [1.165, 1.54) is 6.07 Å². The molecule has 0 bridgehead atoms. The van der Waals surface area contributed by atoms with E-state index in [2.05, 4.69) is 15.6 Å². The Hall–Kier alpha value is -0.930. The zero-order valence-electron chi connectivity index (χ0n) is 16.5. The molecule has 0 aliphatic rings. The standard InChI is InChI=1S/C19H33FN4O.HI/c1-5-21-19(22-11-7-8-12-25-6-2)23-14-16-9-10-18(20)17(13-16)15-24(3)4;/h9-10,13H,5-8,11-12,14-15H2,1-4H3,(H2,21,22,23);1H. The van der Waals surface area contributed by atoms with Crippen molar-refractivity contribution in [2.75, 3.05) is 40.4 Å². The Labute approximate surface area is 174 Å². The minimum absolute atomic E-state index is 0. The average molecular weight is 480 g/mol. The van der Waals surface area contributed by atoms with Crippen molar-refractivity contribution in [2.45, 2.75) is 39.8 Å². The molecule has 1 rings (SSSR count). The maximum Gasteiger partial charge on any atom is 0.191 e. The van der Waals surface area contributed by atoms with Crippen LogP contribution in [0.15, 0.2) is 23.2 Å². The number of rotatable bonds is 11. The first-order valence-electron chi connectivity index (χ1n) is 9.08. The summed E-state index contributed by atoms with van der Waals surface area (Å²) in [4.78, 5) is 6.55. The normalized spacial score (nSPS) is 11.4. The Bertz CT molecular complexity index is 526. The Morgan fingerprint density at radius 2 is 1.96 bits per heavy atom. The Kier molecular flexibility index (Phi) is 14.6. The van der Waals surface area contributed by atoms with E-state index in [9.17, 15) is 4.39 Å². The van der Waals surface area contributed by atoms with Crippen LogP contribution in [0.2, 0.25) is 0 Å². The lowest BCUT2D eigenvalue weighted by atomic mass is 10.1. The van der Waals surface area contributed by atoms with E-state index in [1.54, 1.807) is 6.07 Å². The number of hydrogen-bond acceptors (Lipinski definition) is 3. The van der Waals surface area contributed by atoms with E-state index in [0.717, 1.165) is 50.7 Å². The van der Waals surface area contributed by atoms with Gasteiger partial charge in [-0.3, -0.25) is 0 Å². The Morgan fingerprint density at radius 1 is 1.19 bits per heavy atom. The molecule has 0 aliphatic heterocycles. The number of nitrogens with zero attached hydrogens (tertiary/aromatic N) is 2. The van der Waals surface area contributed by atoms with Crippen molar-refractivity contribution >= 4 is 29.9 Å². The smallest absolute Gasteiger partial charge is 0.191 e. The minimum Gasteiger partial charge on any atom is -0.382 e. The van der Waals surface area contributed by atoms with E-state index in [4.69, 9.17) is 4.74 Å². The fourth-order valence-corrected chi connectivity index (χ4v) is 2.38. The lowest BCUT2D eigenvalue weighted by Gasteiger charge is -2.13. The fourth-order valence-electron chi connectivity index (χ4n) is 2.38. The molecule has 1 aromatic carbocycles. The van der Waals surface area contributed by atoms with E-state index in [1.807, 2.05) is 38.9 Å². The summed E-state index contributed by atoms with van der Waals surface area (Å²) < 4.78 is 19.2. The van der Waals surface area contributed by atoms with Crippen molar-refractivity contribution < 1.29 is 9.13 Å². The molecular formula is C19H34FIN4O. The third kappa shape index (κ3) is 10.9. The molecule has 26 heavy (non-hydrogen) atoms. The second-order valence-electron chi connectivity index (χ2n) is 6.19. The first kappa shape index (κ1) is 25.1. The van der Waals surface area contributed by atoms with Crippen LogP contribution in [0.25, 0.3) is 0 Å². The van der Waals surface area contributed by atoms with E-state index >= 15 is 0 Å². The lowest BCUT2D eigenvalue weighted by Crippen LogP contribution is -2.37. The third-order valence-corrected chi connectivity index (χ3v) is 3.57. The molecule has 0 spiro atoms. The van der Waals surface area contributed by atoms with Gasteiger partial charge >= 0.3 is 0 Å². The molecule has 5 nitrogen and oxygen atoms in total. The number of ether oxygens (including phenoxy) is 1. The number of hydrogen-bond donors (Lipinski definition) is 2. The van der Waals surface area contributed by atoms with Crippen LogP contribution in [0, 0.1) is 5.82 Å². The zero-order valence-corrected chi connectivity index (χ0v) is 18.8. The Morgan fingerprint density at radius 3 is 2.62 bits per heavy atom. The van der Waals surface area contributed by atoms with Crippen molar-refractivity contribution in [3.63, 3.8) is 0 Å². The van der Waals surface area contributed by atoms with Gasteiger partial charge in [-0.2, -0.15) is 0 Å². The molecule has 0 saturated carbocycles. The van der Waals surface area contributed by atoms with E-state index in [-0.39, 0.29) is 29.8 Å². The first-order chi connectivity index (χ1) is 12.1. The molecule has 0 saturated heterocycles. The van der Waals surface area contributed by atoms with Crippen LogP contribution in [0.4, 0.5) is 4.39 Å². The van der Waals surface area contributed by atoms with Crippen LogP contribution in [-0.2, 0) is 17.8 Å². The third-order valence-electron chi connectivity index (χ3n) is 3.57. The highest BCUT2D eigenvalue weighted by atomic mass is 127. The zero-order chi connectivity index (χ0) is 18.5. The van der Waals surface area contributed by atoms with Gasteiger partial charge < -0.3 is 20.3 Å². The predicted molar refractivity (Wildman–Crippen MR) is 118 cm³/mol. The summed E-state index contributed by atoms with van der Waals surface area (Å²) in [6.45, 7) is 8.39. The molecule has 0 aromatic heterocycles. The molecule has 0 radical (unpaired) electrons. The van der Waals surface area contributed by atoms with E-state index < -0.39 is 0 Å². The van der Waals surface area contributed by atoms with Gasteiger partial charge in [-0.05, 0) is 58.5 Å². The minimum atomic E-state index is -0.166. The molecule has 0 fully saturated rings. The molecule has 2 N–H and O–H groups in total. The monoisotopic (exact) mass is 480 g/mol. The lowest BCUT2D eigenvalue weighted by molar-refractivity contribution is 0.143. The van der Waals surface area contributed by atoms with Gasteiger partial charge in [0.05, 0.1) is 6.54 Å². The number of benzene rings is 1. The van der Waals surface area contributed by atoms with Gasteiger partial charge in [-0.25, -0.2) is 9.38 Å². The predicted octanol–water partition coefficient (Wildman–Crippen LogP) is 3.38.